The third-order valence-corrected chi connectivity index (χ3v) is 6.31. The molecule has 2 saturated carbocycles. The number of aryl methyl sites for hydroxylation is 1. The number of rotatable bonds is 8. The molecule has 1 atom stereocenters. The zero-order valence-corrected chi connectivity index (χ0v) is 16.6. The van der Waals surface area contributed by atoms with Crippen LogP contribution in [0.5, 0.6) is 0 Å². The van der Waals surface area contributed by atoms with E-state index in [1.165, 1.54) is 61.2 Å². The fourth-order valence-electron chi connectivity index (χ4n) is 4.81. The molecule has 0 spiro atoms. The molecule has 0 amide bonds. The van der Waals surface area contributed by atoms with Crippen LogP contribution in [0.1, 0.15) is 70.3 Å². The lowest BCUT2D eigenvalue weighted by Gasteiger charge is -2.27. The quantitative estimate of drug-likeness (QED) is 0.727. The van der Waals surface area contributed by atoms with Gasteiger partial charge < -0.3 is 14.6 Å². The van der Waals surface area contributed by atoms with E-state index in [2.05, 4.69) is 23.0 Å². The number of aromatic nitrogens is 1. The molecule has 2 fully saturated rings. The highest BCUT2D eigenvalue weighted by atomic mass is 16.5. The van der Waals surface area contributed by atoms with E-state index in [1.807, 2.05) is 0 Å². The second-order valence-corrected chi connectivity index (χ2v) is 8.59. The van der Waals surface area contributed by atoms with Crippen molar-refractivity contribution in [2.45, 2.75) is 89.9 Å². The first-order valence-electron chi connectivity index (χ1n) is 10.8. The molecule has 144 valence electrons. The van der Waals surface area contributed by atoms with Gasteiger partial charge in [0.25, 0.3) is 0 Å². The highest BCUT2D eigenvalue weighted by Gasteiger charge is 2.26. The monoisotopic (exact) mass is 357 g/mol. The van der Waals surface area contributed by atoms with E-state index >= 15 is 0 Å². The SMILES string of the molecule is COCCCn1cc(CNC2CC2)c2c1=NC(C)CC=2C1CCCCC1. The molecule has 4 rings (SSSR count). The summed E-state index contributed by atoms with van der Waals surface area (Å²) in [5.41, 5.74) is 4.47. The summed E-state index contributed by atoms with van der Waals surface area (Å²) in [6.45, 7) is 5.12. The van der Waals surface area contributed by atoms with E-state index in [9.17, 15) is 0 Å². The van der Waals surface area contributed by atoms with E-state index in [0.717, 1.165) is 44.5 Å². The highest BCUT2D eigenvalue weighted by Crippen LogP contribution is 2.33. The molecule has 4 heteroatoms. The van der Waals surface area contributed by atoms with Gasteiger partial charge in [0.15, 0.2) is 0 Å². The topological polar surface area (TPSA) is 38.5 Å². The lowest BCUT2D eigenvalue weighted by Crippen LogP contribution is -2.40. The number of fused-ring (bicyclic) bond motifs is 1. The Morgan fingerprint density at radius 1 is 1.19 bits per heavy atom. The van der Waals surface area contributed by atoms with Gasteiger partial charge in [0.2, 0.25) is 0 Å². The van der Waals surface area contributed by atoms with Crippen molar-refractivity contribution in [3.63, 3.8) is 0 Å². The Morgan fingerprint density at radius 2 is 2.00 bits per heavy atom. The largest absolute Gasteiger partial charge is 0.385 e. The Hall–Kier alpha value is -1.13. The Morgan fingerprint density at radius 3 is 2.73 bits per heavy atom. The first-order valence-corrected chi connectivity index (χ1v) is 10.8. The van der Waals surface area contributed by atoms with Crippen LogP contribution in [0.2, 0.25) is 0 Å². The highest BCUT2D eigenvalue weighted by molar-refractivity contribution is 5.51. The normalized spacial score (nSPS) is 23.8. The molecule has 1 aromatic heterocycles. The number of nitrogens with zero attached hydrogens (tertiary/aromatic N) is 2. The van der Waals surface area contributed by atoms with Crippen LogP contribution < -0.4 is 16.0 Å². The van der Waals surface area contributed by atoms with Crippen LogP contribution in [-0.4, -0.2) is 30.4 Å². The molecular formula is C22H35N3O. The summed E-state index contributed by atoms with van der Waals surface area (Å²) in [5, 5.41) is 5.26. The predicted octanol–water partition coefficient (Wildman–Crippen LogP) is 2.92. The molecule has 1 aromatic rings. The third-order valence-electron chi connectivity index (χ3n) is 6.31. The Balaban J connectivity index is 1.73. The zero-order chi connectivity index (χ0) is 17.9. The molecule has 0 saturated heterocycles. The van der Waals surface area contributed by atoms with Gasteiger partial charge in [-0.25, -0.2) is 0 Å². The fourth-order valence-corrected chi connectivity index (χ4v) is 4.81. The van der Waals surface area contributed by atoms with Crippen LogP contribution in [0, 0.1) is 5.92 Å². The molecule has 3 aliphatic rings. The van der Waals surface area contributed by atoms with Gasteiger partial charge in [-0.2, -0.15) is 0 Å². The van der Waals surface area contributed by atoms with Gasteiger partial charge in [0, 0.05) is 44.3 Å². The van der Waals surface area contributed by atoms with Gasteiger partial charge in [-0.15, -0.1) is 0 Å². The minimum Gasteiger partial charge on any atom is -0.385 e. The Labute approximate surface area is 157 Å². The van der Waals surface area contributed by atoms with E-state index in [0.29, 0.717) is 6.04 Å². The number of nitrogens with one attached hydrogen (secondary N) is 1. The molecule has 0 radical (unpaired) electrons. The van der Waals surface area contributed by atoms with Crippen molar-refractivity contribution >= 4 is 5.57 Å². The average Bonchev–Trinajstić information content (AvgIpc) is 3.43. The van der Waals surface area contributed by atoms with Gasteiger partial charge in [-0.1, -0.05) is 24.8 Å². The lowest BCUT2D eigenvalue weighted by atomic mass is 9.80. The minimum absolute atomic E-state index is 0.416. The maximum atomic E-state index is 5.28. The maximum absolute atomic E-state index is 5.28. The summed E-state index contributed by atoms with van der Waals surface area (Å²) >= 11 is 0. The number of ether oxygens (including phenoxy) is 1. The molecule has 1 unspecified atom stereocenters. The van der Waals surface area contributed by atoms with Crippen molar-refractivity contribution in [2.24, 2.45) is 10.9 Å². The van der Waals surface area contributed by atoms with Gasteiger partial charge >= 0.3 is 0 Å². The summed E-state index contributed by atoms with van der Waals surface area (Å²) in [4.78, 5) is 5.11. The van der Waals surface area contributed by atoms with Crippen LogP contribution >= 0.6 is 0 Å². The Kier molecular flexibility index (Phi) is 5.80. The van der Waals surface area contributed by atoms with Crippen molar-refractivity contribution in [1.29, 1.82) is 0 Å². The lowest BCUT2D eigenvalue weighted by molar-refractivity contribution is 0.190. The summed E-state index contributed by atoms with van der Waals surface area (Å²) < 4.78 is 7.69. The summed E-state index contributed by atoms with van der Waals surface area (Å²) in [7, 11) is 1.79. The number of hydrogen-bond acceptors (Lipinski definition) is 3. The van der Waals surface area contributed by atoms with Gasteiger partial charge in [-0.05, 0) is 56.9 Å². The van der Waals surface area contributed by atoms with Crippen molar-refractivity contribution in [3.05, 3.63) is 22.5 Å². The maximum Gasteiger partial charge on any atom is 0.135 e. The molecule has 26 heavy (non-hydrogen) atoms. The molecule has 0 bridgehead atoms. The van der Waals surface area contributed by atoms with E-state index in [-0.39, 0.29) is 0 Å². The second kappa shape index (κ2) is 8.26. The first kappa shape index (κ1) is 18.2. The summed E-state index contributed by atoms with van der Waals surface area (Å²) in [5.74, 6) is 0.787. The predicted molar refractivity (Wildman–Crippen MR) is 106 cm³/mol. The second-order valence-electron chi connectivity index (χ2n) is 8.59. The molecule has 1 N–H and O–H groups in total. The smallest absolute Gasteiger partial charge is 0.135 e. The zero-order valence-electron chi connectivity index (χ0n) is 16.6. The third kappa shape index (κ3) is 4.07. The van der Waals surface area contributed by atoms with Gasteiger partial charge in [-0.3, -0.25) is 4.99 Å². The van der Waals surface area contributed by atoms with Crippen LogP contribution in [0.4, 0.5) is 0 Å². The molecule has 2 aliphatic carbocycles. The van der Waals surface area contributed by atoms with E-state index in [1.54, 1.807) is 12.7 Å². The van der Waals surface area contributed by atoms with Gasteiger partial charge in [0.1, 0.15) is 5.49 Å². The van der Waals surface area contributed by atoms with Crippen molar-refractivity contribution < 1.29 is 4.74 Å². The average molecular weight is 358 g/mol. The van der Waals surface area contributed by atoms with Gasteiger partial charge in [0.05, 0.1) is 6.04 Å². The molecular weight excluding hydrogens is 322 g/mol. The van der Waals surface area contributed by atoms with E-state index in [4.69, 9.17) is 9.73 Å². The van der Waals surface area contributed by atoms with Crippen LogP contribution in [0.3, 0.4) is 0 Å². The van der Waals surface area contributed by atoms with Crippen molar-refractivity contribution in [2.75, 3.05) is 13.7 Å². The number of methoxy groups -OCH3 is 1. The summed E-state index contributed by atoms with van der Waals surface area (Å²) in [6, 6.07) is 1.17. The van der Waals surface area contributed by atoms with Crippen LogP contribution in [0.15, 0.2) is 11.2 Å². The number of hydrogen-bond donors (Lipinski definition) is 1. The van der Waals surface area contributed by atoms with Crippen molar-refractivity contribution in [3.8, 4) is 0 Å². The molecule has 0 aromatic carbocycles. The minimum atomic E-state index is 0.416. The Bertz CT molecular complexity index is 725. The standard InChI is InChI=1S/C22H35N3O/c1-16-13-20(17-7-4-3-5-8-17)21-18(14-23-19-9-10-19)15-25(22(21)24-16)11-6-12-26-2/h15-17,19,23H,3-14H2,1-2H3. The van der Waals surface area contributed by atoms with Crippen LogP contribution in [-0.2, 0) is 17.8 Å². The molecule has 2 heterocycles. The fraction of sp³-hybridized carbons (Fsp3) is 0.773. The summed E-state index contributed by atoms with van der Waals surface area (Å²) in [6.07, 6.45) is 14.3. The first-order chi connectivity index (χ1) is 12.8. The van der Waals surface area contributed by atoms with Crippen LogP contribution in [0.25, 0.3) is 5.57 Å². The molecule has 1 aliphatic heterocycles. The molecule has 4 nitrogen and oxygen atoms in total. The van der Waals surface area contributed by atoms with Crippen molar-refractivity contribution in [1.82, 2.24) is 9.88 Å². The van der Waals surface area contributed by atoms with E-state index < -0.39 is 0 Å².